The van der Waals surface area contributed by atoms with E-state index in [4.69, 9.17) is 5.11 Å². The third kappa shape index (κ3) is 4.18. The Bertz CT molecular complexity index is 1400. The van der Waals surface area contributed by atoms with Crippen LogP contribution in [0.5, 0.6) is 0 Å². The van der Waals surface area contributed by atoms with Crippen molar-refractivity contribution in [3.63, 3.8) is 0 Å². The van der Waals surface area contributed by atoms with Crippen molar-refractivity contribution in [3.05, 3.63) is 71.3 Å². The lowest BCUT2D eigenvalue weighted by atomic mass is 10.0. The van der Waals surface area contributed by atoms with Gasteiger partial charge < -0.3 is 9.67 Å². The van der Waals surface area contributed by atoms with Crippen LogP contribution in [0.4, 0.5) is 0 Å². The second-order valence-electron chi connectivity index (χ2n) is 7.86. The molecule has 0 aliphatic carbocycles. The largest absolute Gasteiger partial charge is 0.481 e. The normalized spacial score (nSPS) is 11.9. The van der Waals surface area contributed by atoms with Crippen molar-refractivity contribution in [1.29, 1.82) is 0 Å². The zero-order chi connectivity index (χ0) is 22.2. The molecule has 0 saturated carbocycles. The molecule has 4 rings (SSSR count). The van der Waals surface area contributed by atoms with Gasteiger partial charge in [0.1, 0.15) is 0 Å². The Morgan fingerprint density at radius 2 is 1.74 bits per heavy atom. The molecule has 0 aliphatic rings. The number of imidazole rings is 1. The van der Waals surface area contributed by atoms with Gasteiger partial charge in [0.05, 0.1) is 23.3 Å². The van der Waals surface area contributed by atoms with Crippen molar-refractivity contribution in [1.82, 2.24) is 9.55 Å². The van der Waals surface area contributed by atoms with E-state index in [1.807, 2.05) is 68.4 Å². The molecule has 7 heteroatoms. The lowest BCUT2D eigenvalue weighted by molar-refractivity contribution is -0.137. The van der Waals surface area contributed by atoms with Crippen LogP contribution in [0.2, 0.25) is 0 Å². The van der Waals surface area contributed by atoms with Crippen LogP contribution in [-0.2, 0) is 21.2 Å². The second kappa shape index (κ2) is 8.15. The molecule has 0 unspecified atom stereocenters. The van der Waals surface area contributed by atoms with Gasteiger partial charge >= 0.3 is 5.97 Å². The molecular weight excluding hydrogens is 412 g/mol. The number of fused-ring (bicyclic) bond motifs is 2. The van der Waals surface area contributed by atoms with Gasteiger partial charge in [0.25, 0.3) is 0 Å². The number of rotatable bonds is 7. The average molecular weight is 437 g/mol. The summed E-state index contributed by atoms with van der Waals surface area (Å²) in [4.78, 5) is 15.3. The van der Waals surface area contributed by atoms with Crippen molar-refractivity contribution in [2.24, 2.45) is 0 Å². The highest BCUT2D eigenvalue weighted by Crippen LogP contribution is 2.27. The van der Waals surface area contributed by atoms with Gasteiger partial charge in [-0.1, -0.05) is 42.5 Å². The molecule has 3 aromatic carbocycles. The van der Waals surface area contributed by atoms with E-state index in [1.165, 1.54) is 0 Å². The Hall–Kier alpha value is -3.19. The van der Waals surface area contributed by atoms with Gasteiger partial charge in [0.2, 0.25) is 15.0 Å². The fraction of sp³-hybridized carbons (Fsp3) is 0.250. The number of benzene rings is 3. The predicted octanol–water partition coefficient (Wildman–Crippen LogP) is 4.49. The SMILES string of the molecule is Cc1cc2nc(S(=O)(=O)CCCC(=O)O)n(Cc3cccc4ccccc34)c2cc1C. The van der Waals surface area contributed by atoms with E-state index in [1.54, 1.807) is 4.57 Å². The number of carbonyl (C=O) groups is 1. The topological polar surface area (TPSA) is 89.3 Å². The molecule has 4 aromatic rings. The molecule has 0 atom stereocenters. The Labute approximate surface area is 181 Å². The first-order chi connectivity index (χ1) is 14.8. The van der Waals surface area contributed by atoms with Crippen LogP contribution in [0.1, 0.15) is 29.5 Å². The molecule has 0 bridgehead atoms. The molecule has 0 radical (unpaired) electrons. The maximum absolute atomic E-state index is 13.2. The number of aryl methyl sites for hydroxylation is 2. The summed E-state index contributed by atoms with van der Waals surface area (Å²) in [5.41, 5.74) is 4.48. The van der Waals surface area contributed by atoms with Crippen molar-refractivity contribution in [3.8, 4) is 0 Å². The van der Waals surface area contributed by atoms with Crippen molar-refractivity contribution < 1.29 is 18.3 Å². The molecule has 1 N–H and O–H groups in total. The summed E-state index contributed by atoms with van der Waals surface area (Å²) in [5, 5.41) is 11.0. The van der Waals surface area contributed by atoms with Crippen LogP contribution in [-0.4, -0.2) is 34.8 Å². The number of sulfone groups is 1. The first-order valence-corrected chi connectivity index (χ1v) is 11.8. The van der Waals surface area contributed by atoms with Crippen LogP contribution in [0.15, 0.2) is 59.8 Å². The maximum Gasteiger partial charge on any atom is 0.303 e. The second-order valence-corrected chi connectivity index (χ2v) is 9.86. The van der Waals surface area contributed by atoms with Gasteiger partial charge in [-0.2, -0.15) is 0 Å². The lowest BCUT2D eigenvalue weighted by Crippen LogP contribution is -2.16. The Balaban J connectivity index is 1.87. The average Bonchev–Trinajstić information content (AvgIpc) is 3.06. The summed E-state index contributed by atoms with van der Waals surface area (Å²) in [5.74, 6) is -1.26. The first-order valence-electron chi connectivity index (χ1n) is 10.1. The molecule has 6 nitrogen and oxygen atoms in total. The zero-order valence-electron chi connectivity index (χ0n) is 17.5. The van der Waals surface area contributed by atoms with Crippen LogP contribution >= 0.6 is 0 Å². The summed E-state index contributed by atoms with van der Waals surface area (Å²) in [6, 6.07) is 17.9. The van der Waals surface area contributed by atoms with Crippen LogP contribution in [0, 0.1) is 13.8 Å². The molecule has 31 heavy (non-hydrogen) atoms. The van der Waals surface area contributed by atoms with E-state index >= 15 is 0 Å². The maximum atomic E-state index is 13.2. The van der Waals surface area contributed by atoms with Gasteiger partial charge in [-0.3, -0.25) is 4.79 Å². The molecule has 1 aromatic heterocycles. The monoisotopic (exact) mass is 436 g/mol. The summed E-state index contributed by atoms with van der Waals surface area (Å²) < 4.78 is 28.1. The van der Waals surface area contributed by atoms with Gasteiger partial charge in [0, 0.05) is 6.42 Å². The number of carboxylic acids is 1. The first kappa shape index (κ1) is 21.1. The van der Waals surface area contributed by atoms with E-state index in [0.717, 1.165) is 33.0 Å². The molecule has 0 aliphatic heterocycles. The van der Waals surface area contributed by atoms with Crippen LogP contribution in [0.25, 0.3) is 21.8 Å². The Morgan fingerprint density at radius 3 is 2.52 bits per heavy atom. The number of nitrogens with zero attached hydrogens (tertiary/aromatic N) is 2. The summed E-state index contributed by atoms with van der Waals surface area (Å²) in [6.45, 7) is 4.32. The third-order valence-electron chi connectivity index (χ3n) is 5.62. The van der Waals surface area contributed by atoms with E-state index in [-0.39, 0.29) is 23.8 Å². The molecule has 160 valence electrons. The minimum Gasteiger partial charge on any atom is -0.481 e. The predicted molar refractivity (Wildman–Crippen MR) is 121 cm³/mol. The van der Waals surface area contributed by atoms with Gasteiger partial charge in [-0.25, -0.2) is 13.4 Å². The van der Waals surface area contributed by atoms with Crippen molar-refractivity contribution in [2.45, 2.75) is 38.4 Å². The molecular formula is C24H24N2O4S. The number of carboxylic acid groups (broad SMARTS) is 1. The molecule has 0 saturated heterocycles. The molecule has 0 spiro atoms. The Morgan fingerprint density at radius 1 is 1.03 bits per heavy atom. The van der Waals surface area contributed by atoms with Gasteiger partial charge in [0.15, 0.2) is 0 Å². The minimum absolute atomic E-state index is 0.00850. The highest BCUT2D eigenvalue weighted by Gasteiger charge is 2.25. The number of aliphatic carboxylic acids is 1. The lowest BCUT2D eigenvalue weighted by Gasteiger charge is -2.12. The van der Waals surface area contributed by atoms with E-state index in [9.17, 15) is 13.2 Å². The van der Waals surface area contributed by atoms with Crippen LogP contribution < -0.4 is 0 Å². The van der Waals surface area contributed by atoms with Crippen molar-refractivity contribution in [2.75, 3.05) is 5.75 Å². The molecule has 1 heterocycles. The van der Waals surface area contributed by atoms with Gasteiger partial charge in [-0.05, 0) is 59.9 Å². The van der Waals surface area contributed by atoms with Crippen molar-refractivity contribution >= 4 is 37.6 Å². The fourth-order valence-corrected chi connectivity index (χ4v) is 5.30. The minimum atomic E-state index is -3.76. The number of hydrogen-bond donors (Lipinski definition) is 1. The standard InChI is InChI=1S/C24H24N2O4S/c1-16-13-21-22(14-17(16)2)26(24(25-21)31(29,30)12-6-11-23(27)28)15-19-9-5-8-18-7-3-4-10-20(18)19/h3-5,7-10,13-14H,6,11-12,15H2,1-2H3,(H,27,28). The number of hydrogen-bond acceptors (Lipinski definition) is 4. The van der Waals surface area contributed by atoms with E-state index in [0.29, 0.717) is 12.1 Å². The number of aromatic nitrogens is 2. The van der Waals surface area contributed by atoms with Gasteiger partial charge in [-0.15, -0.1) is 0 Å². The summed E-state index contributed by atoms with van der Waals surface area (Å²) in [7, 11) is -3.76. The highest BCUT2D eigenvalue weighted by atomic mass is 32.2. The van der Waals surface area contributed by atoms with E-state index in [2.05, 4.69) is 4.98 Å². The third-order valence-corrected chi connectivity index (χ3v) is 7.31. The summed E-state index contributed by atoms with van der Waals surface area (Å²) >= 11 is 0. The molecule has 0 fully saturated rings. The summed E-state index contributed by atoms with van der Waals surface area (Å²) in [6.07, 6.45) is -0.145. The molecule has 0 amide bonds. The quantitative estimate of drug-likeness (QED) is 0.461. The van der Waals surface area contributed by atoms with E-state index < -0.39 is 15.8 Å². The van der Waals surface area contributed by atoms with Crippen LogP contribution in [0.3, 0.4) is 0 Å². The highest BCUT2D eigenvalue weighted by molar-refractivity contribution is 7.91. The smallest absolute Gasteiger partial charge is 0.303 e. The zero-order valence-corrected chi connectivity index (χ0v) is 18.3. The fourth-order valence-electron chi connectivity index (χ4n) is 3.85. The Kier molecular flexibility index (Phi) is 5.54.